The average molecular weight is 257 g/mol. The molecule has 18 heavy (non-hydrogen) atoms. The number of ether oxygens (including phenoxy) is 2. The second-order valence-electron chi connectivity index (χ2n) is 4.77. The maximum absolute atomic E-state index is 11.5. The van der Waals surface area contributed by atoms with Crippen molar-refractivity contribution < 1.29 is 19.1 Å². The number of hydrogen-bond donors (Lipinski definition) is 1. The maximum atomic E-state index is 11.5. The topological polar surface area (TPSA) is 64.6 Å². The molecule has 0 aliphatic carbocycles. The summed E-state index contributed by atoms with van der Waals surface area (Å²) < 4.78 is 9.88. The summed E-state index contributed by atoms with van der Waals surface area (Å²) in [7, 11) is 0. The van der Waals surface area contributed by atoms with E-state index >= 15 is 0 Å². The summed E-state index contributed by atoms with van der Waals surface area (Å²) in [5.41, 5.74) is -0.534. The van der Waals surface area contributed by atoms with Gasteiger partial charge < -0.3 is 14.8 Å². The highest BCUT2D eigenvalue weighted by molar-refractivity contribution is 5.82. The molecule has 5 nitrogen and oxygen atoms in total. The molecule has 0 spiro atoms. The number of hydrogen-bond acceptors (Lipinski definition) is 4. The number of alkyl carbamates (subject to hydrolysis) is 1. The Labute approximate surface area is 109 Å². The van der Waals surface area contributed by atoms with Gasteiger partial charge in [0.05, 0.1) is 12.6 Å². The fraction of sp³-hybridized carbons (Fsp3) is 0.692. The molecular weight excluding hydrogens is 234 g/mol. The minimum Gasteiger partial charge on any atom is -0.463 e. The number of carbonyl (C=O) groups is 2. The van der Waals surface area contributed by atoms with E-state index in [0.717, 1.165) is 0 Å². The summed E-state index contributed by atoms with van der Waals surface area (Å²) in [5, 5.41) is 2.66. The van der Waals surface area contributed by atoms with Crippen LogP contribution in [0.5, 0.6) is 0 Å². The molecule has 0 bridgehead atoms. The Kier molecular flexibility index (Phi) is 7.08. The van der Waals surface area contributed by atoms with Gasteiger partial charge in [0.25, 0.3) is 0 Å². The van der Waals surface area contributed by atoms with Crippen LogP contribution >= 0.6 is 0 Å². The molecule has 0 aliphatic rings. The van der Waals surface area contributed by atoms with Crippen LogP contribution in [0.3, 0.4) is 0 Å². The van der Waals surface area contributed by atoms with Crippen LogP contribution in [0.4, 0.5) is 4.79 Å². The van der Waals surface area contributed by atoms with E-state index in [1.807, 2.05) is 6.92 Å². The second-order valence-corrected chi connectivity index (χ2v) is 4.77. The lowest BCUT2D eigenvalue weighted by Crippen LogP contribution is -2.38. The molecule has 0 aromatic rings. The largest absolute Gasteiger partial charge is 0.463 e. The summed E-state index contributed by atoms with van der Waals surface area (Å²) >= 11 is 0. The highest BCUT2D eigenvalue weighted by atomic mass is 16.6. The van der Waals surface area contributed by atoms with E-state index in [9.17, 15) is 9.59 Å². The van der Waals surface area contributed by atoms with Crippen LogP contribution in [0.2, 0.25) is 0 Å². The van der Waals surface area contributed by atoms with Gasteiger partial charge in [0, 0.05) is 6.08 Å². The molecule has 1 unspecified atom stereocenters. The number of amides is 1. The molecular formula is C13H23NO4. The first kappa shape index (κ1) is 16.5. The highest BCUT2D eigenvalue weighted by Gasteiger charge is 2.17. The van der Waals surface area contributed by atoms with Gasteiger partial charge in [-0.2, -0.15) is 0 Å². The number of rotatable bonds is 5. The molecule has 0 saturated carbocycles. The first-order valence-electron chi connectivity index (χ1n) is 6.13. The van der Waals surface area contributed by atoms with Crippen molar-refractivity contribution in [3.05, 3.63) is 12.2 Å². The van der Waals surface area contributed by atoms with Crippen molar-refractivity contribution in [1.29, 1.82) is 0 Å². The van der Waals surface area contributed by atoms with Crippen molar-refractivity contribution >= 4 is 12.1 Å². The zero-order valence-electron chi connectivity index (χ0n) is 11.8. The van der Waals surface area contributed by atoms with Gasteiger partial charge in [-0.05, 0) is 34.1 Å². The Balaban J connectivity index is 4.27. The van der Waals surface area contributed by atoms with E-state index in [4.69, 9.17) is 9.47 Å². The van der Waals surface area contributed by atoms with Gasteiger partial charge in [-0.25, -0.2) is 9.59 Å². The number of carbonyl (C=O) groups excluding carboxylic acids is 2. The first-order valence-corrected chi connectivity index (χ1v) is 6.13. The number of esters is 1. The van der Waals surface area contributed by atoms with E-state index in [0.29, 0.717) is 13.0 Å². The van der Waals surface area contributed by atoms with Gasteiger partial charge in [-0.3, -0.25) is 0 Å². The van der Waals surface area contributed by atoms with Gasteiger partial charge in [-0.1, -0.05) is 13.0 Å². The molecule has 0 aliphatic heterocycles. The van der Waals surface area contributed by atoms with E-state index in [2.05, 4.69) is 5.32 Å². The smallest absolute Gasteiger partial charge is 0.408 e. The zero-order valence-corrected chi connectivity index (χ0v) is 11.8. The summed E-state index contributed by atoms with van der Waals surface area (Å²) in [6, 6.07) is -0.246. The lowest BCUT2D eigenvalue weighted by atomic mass is 10.2. The standard InChI is InChI=1S/C13H23NO4/c1-6-10(8-9-11(15)17-7-2)14-12(16)18-13(3,4)5/h8-10H,6-7H2,1-5H3,(H,14,16)/b9-8-. The third-order valence-electron chi connectivity index (χ3n) is 1.89. The van der Waals surface area contributed by atoms with Crippen molar-refractivity contribution in [3.8, 4) is 0 Å². The highest BCUT2D eigenvalue weighted by Crippen LogP contribution is 2.07. The predicted octanol–water partition coefficient (Wildman–Crippen LogP) is 2.41. The van der Waals surface area contributed by atoms with Crippen LogP contribution in [-0.2, 0) is 14.3 Å². The molecule has 104 valence electrons. The third kappa shape index (κ3) is 8.61. The van der Waals surface area contributed by atoms with Crippen molar-refractivity contribution in [1.82, 2.24) is 5.32 Å². The van der Waals surface area contributed by atoms with E-state index < -0.39 is 17.7 Å². The lowest BCUT2D eigenvalue weighted by molar-refractivity contribution is -0.137. The molecule has 0 fully saturated rings. The average Bonchev–Trinajstić information content (AvgIpc) is 2.22. The van der Waals surface area contributed by atoms with Gasteiger partial charge in [0.2, 0.25) is 0 Å². The van der Waals surface area contributed by atoms with E-state index in [1.54, 1.807) is 33.8 Å². The van der Waals surface area contributed by atoms with Crippen LogP contribution in [-0.4, -0.2) is 30.3 Å². The minimum atomic E-state index is -0.534. The Hall–Kier alpha value is -1.52. The second kappa shape index (κ2) is 7.74. The molecule has 0 aromatic heterocycles. The number of nitrogens with one attached hydrogen (secondary N) is 1. The quantitative estimate of drug-likeness (QED) is 0.606. The van der Waals surface area contributed by atoms with Crippen molar-refractivity contribution in [2.45, 2.75) is 52.7 Å². The Bertz CT molecular complexity index is 305. The molecule has 0 heterocycles. The molecule has 0 rings (SSSR count). The fourth-order valence-electron chi connectivity index (χ4n) is 1.13. The minimum absolute atomic E-state index is 0.246. The summed E-state index contributed by atoms with van der Waals surface area (Å²) in [6.07, 6.45) is 3.08. The summed E-state index contributed by atoms with van der Waals surface area (Å²) in [5.74, 6) is -0.415. The van der Waals surface area contributed by atoms with Crippen molar-refractivity contribution in [3.63, 3.8) is 0 Å². The maximum Gasteiger partial charge on any atom is 0.408 e. The molecule has 0 aromatic carbocycles. The monoisotopic (exact) mass is 257 g/mol. The molecule has 0 radical (unpaired) electrons. The molecule has 1 amide bonds. The Morgan fingerprint density at radius 3 is 2.33 bits per heavy atom. The van der Waals surface area contributed by atoms with Crippen LogP contribution in [0.25, 0.3) is 0 Å². The van der Waals surface area contributed by atoms with E-state index in [1.165, 1.54) is 6.08 Å². The van der Waals surface area contributed by atoms with Crippen LogP contribution in [0.15, 0.2) is 12.2 Å². The lowest BCUT2D eigenvalue weighted by Gasteiger charge is -2.21. The first-order chi connectivity index (χ1) is 8.28. The Morgan fingerprint density at radius 1 is 1.28 bits per heavy atom. The van der Waals surface area contributed by atoms with Crippen LogP contribution < -0.4 is 5.32 Å². The van der Waals surface area contributed by atoms with Crippen molar-refractivity contribution in [2.24, 2.45) is 0 Å². The van der Waals surface area contributed by atoms with Crippen molar-refractivity contribution in [2.75, 3.05) is 6.61 Å². The molecule has 0 saturated heterocycles. The third-order valence-corrected chi connectivity index (χ3v) is 1.89. The zero-order chi connectivity index (χ0) is 14.2. The van der Waals surface area contributed by atoms with Gasteiger partial charge in [-0.15, -0.1) is 0 Å². The van der Waals surface area contributed by atoms with Gasteiger partial charge in [0.1, 0.15) is 5.60 Å². The molecule has 5 heteroatoms. The molecule has 1 N–H and O–H groups in total. The Morgan fingerprint density at radius 2 is 1.89 bits per heavy atom. The predicted molar refractivity (Wildman–Crippen MR) is 69.2 cm³/mol. The van der Waals surface area contributed by atoms with Crippen LogP contribution in [0.1, 0.15) is 41.0 Å². The van der Waals surface area contributed by atoms with Gasteiger partial charge >= 0.3 is 12.1 Å². The fourth-order valence-corrected chi connectivity index (χ4v) is 1.13. The van der Waals surface area contributed by atoms with Gasteiger partial charge in [0.15, 0.2) is 0 Å². The van der Waals surface area contributed by atoms with E-state index in [-0.39, 0.29) is 6.04 Å². The summed E-state index contributed by atoms with van der Waals surface area (Å²) in [6.45, 7) is 9.35. The summed E-state index contributed by atoms with van der Waals surface area (Å²) in [4.78, 5) is 22.6. The molecule has 1 atom stereocenters. The van der Waals surface area contributed by atoms with Crippen LogP contribution in [0, 0.1) is 0 Å². The normalized spacial score (nSPS) is 13.2. The SMILES string of the molecule is CCOC(=O)/C=C\C(CC)NC(=O)OC(C)(C)C.